The normalized spacial score (nSPS) is 32.3. The standard InChI is InChI=1S/C9H14O2/c1-6-4-7(2)9(10)11-8(3)5-6/h4,6,8H,5H2,1-3H3. The minimum atomic E-state index is -0.165. The van der Waals surface area contributed by atoms with Crippen molar-refractivity contribution in [2.75, 3.05) is 0 Å². The molecule has 1 rings (SSSR count). The van der Waals surface area contributed by atoms with E-state index in [4.69, 9.17) is 4.74 Å². The smallest absolute Gasteiger partial charge is 0.333 e. The molecule has 2 atom stereocenters. The molecule has 1 aliphatic heterocycles. The largest absolute Gasteiger partial charge is 0.459 e. The molecule has 0 aromatic heterocycles. The summed E-state index contributed by atoms with van der Waals surface area (Å²) in [4.78, 5) is 11.1. The Balaban J connectivity index is 2.75. The molecule has 62 valence electrons. The van der Waals surface area contributed by atoms with E-state index in [1.165, 1.54) is 0 Å². The third-order valence-corrected chi connectivity index (χ3v) is 1.87. The lowest BCUT2D eigenvalue weighted by atomic mass is 10.0. The van der Waals surface area contributed by atoms with Crippen molar-refractivity contribution >= 4 is 5.97 Å². The van der Waals surface area contributed by atoms with Crippen molar-refractivity contribution < 1.29 is 9.53 Å². The molecule has 0 aromatic rings. The lowest BCUT2D eigenvalue weighted by Crippen LogP contribution is -2.13. The van der Waals surface area contributed by atoms with Crippen LogP contribution in [-0.4, -0.2) is 12.1 Å². The molecule has 0 radical (unpaired) electrons. The quantitative estimate of drug-likeness (QED) is 0.498. The molecule has 0 bridgehead atoms. The van der Waals surface area contributed by atoms with Gasteiger partial charge < -0.3 is 4.74 Å². The number of ether oxygens (including phenoxy) is 1. The molecule has 2 unspecified atom stereocenters. The highest BCUT2D eigenvalue weighted by atomic mass is 16.5. The summed E-state index contributed by atoms with van der Waals surface area (Å²) in [5, 5.41) is 0. The molecule has 0 saturated carbocycles. The fourth-order valence-electron chi connectivity index (χ4n) is 1.41. The fraction of sp³-hybridized carbons (Fsp3) is 0.667. The summed E-state index contributed by atoms with van der Waals surface area (Å²) >= 11 is 0. The maximum absolute atomic E-state index is 11.1. The second-order valence-corrected chi connectivity index (χ2v) is 3.28. The number of allylic oxidation sites excluding steroid dienone is 1. The van der Waals surface area contributed by atoms with Crippen LogP contribution >= 0.6 is 0 Å². The van der Waals surface area contributed by atoms with E-state index >= 15 is 0 Å². The van der Waals surface area contributed by atoms with Crippen molar-refractivity contribution in [3.63, 3.8) is 0 Å². The zero-order chi connectivity index (χ0) is 8.43. The van der Waals surface area contributed by atoms with E-state index in [0.717, 1.165) is 12.0 Å². The molecule has 1 heterocycles. The first-order valence-corrected chi connectivity index (χ1v) is 3.99. The highest BCUT2D eigenvalue weighted by molar-refractivity contribution is 5.88. The highest BCUT2D eigenvalue weighted by Crippen LogP contribution is 2.18. The number of hydrogen-bond acceptors (Lipinski definition) is 2. The van der Waals surface area contributed by atoms with Gasteiger partial charge in [-0.25, -0.2) is 4.79 Å². The second-order valence-electron chi connectivity index (χ2n) is 3.28. The second kappa shape index (κ2) is 3.07. The van der Waals surface area contributed by atoms with Crippen LogP contribution in [0.1, 0.15) is 27.2 Å². The van der Waals surface area contributed by atoms with Gasteiger partial charge >= 0.3 is 5.97 Å². The Bertz CT molecular complexity index is 194. The zero-order valence-electron chi connectivity index (χ0n) is 7.26. The number of carbonyl (C=O) groups excluding carboxylic acids is 1. The molecule has 2 heteroatoms. The predicted molar refractivity (Wildman–Crippen MR) is 43.1 cm³/mol. The van der Waals surface area contributed by atoms with Gasteiger partial charge in [0.25, 0.3) is 0 Å². The van der Waals surface area contributed by atoms with Gasteiger partial charge in [0, 0.05) is 5.57 Å². The number of hydrogen-bond donors (Lipinski definition) is 0. The number of esters is 1. The van der Waals surface area contributed by atoms with Gasteiger partial charge in [-0.1, -0.05) is 13.0 Å². The minimum Gasteiger partial charge on any atom is -0.459 e. The lowest BCUT2D eigenvalue weighted by molar-refractivity contribution is -0.143. The van der Waals surface area contributed by atoms with Gasteiger partial charge in [-0.15, -0.1) is 0 Å². The van der Waals surface area contributed by atoms with Crippen LogP contribution in [0.5, 0.6) is 0 Å². The van der Waals surface area contributed by atoms with Crippen LogP contribution in [-0.2, 0) is 9.53 Å². The molecule has 0 spiro atoms. The van der Waals surface area contributed by atoms with Crippen molar-refractivity contribution in [1.82, 2.24) is 0 Å². The van der Waals surface area contributed by atoms with Crippen molar-refractivity contribution in [2.45, 2.75) is 33.3 Å². The maximum atomic E-state index is 11.1. The van der Waals surface area contributed by atoms with E-state index in [2.05, 4.69) is 6.92 Å². The third kappa shape index (κ3) is 2.07. The molecule has 11 heavy (non-hydrogen) atoms. The van der Waals surface area contributed by atoms with E-state index in [-0.39, 0.29) is 12.1 Å². The Morgan fingerprint density at radius 2 is 2.18 bits per heavy atom. The fourth-order valence-corrected chi connectivity index (χ4v) is 1.41. The van der Waals surface area contributed by atoms with Gasteiger partial charge in [-0.05, 0) is 26.2 Å². The monoisotopic (exact) mass is 154 g/mol. The average Bonchev–Trinajstić information content (AvgIpc) is 1.93. The molecule has 0 aromatic carbocycles. The zero-order valence-corrected chi connectivity index (χ0v) is 7.26. The van der Waals surface area contributed by atoms with Gasteiger partial charge in [0.1, 0.15) is 0 Å². The SMILES string of the molecule is CC1=CC(C)CC(C)OC1=O. The topological polar surface area (TPSA) is 26.3 Å². The van der Waals surface area contributed by atoms with Crippen molar-refractivity contribution in [3.8, 4) is 0 Å². The molecule has 1 aliphatic rings. The summed E-state index contributed by atoms with van der Waals surface area (Å²) in [5.41, 5.74) is 0.738. The van der Waals surface area contributed by atoms with Crippen LogP contribution < -0.4 is 0 Å². The molecule has 0 fully saturated rings. The van der Waals surface area contributed by atoms with Crippen molar-refractivity contribution in [2.24, 2.45) is 5.92 Å². The summed E-state index contributed by atoms with van der Waals surface area (Å²) in [7, 11) is 0. The first-order chi connectivity index (χ1) is 5.09. The van der Waals surface area contributed by atoms with Gasteiger partial charge in [0.05, 0.1) is 6.10 Å². The van der Waals surface area contributed by atoms with E-state index in [0.29, 0.717) is 5.92 Å². The summed E-state index contributed by atoms with van der Waals surface area (Å²) in [6.07, 6.45) is 2.97. The summed E-state index contributed by atoms with van der Waals surface area (Å²) in [6.45, 7) is 5.83. The van der Waals surface area contributed by atoms with Crippen LogP contribution in [0.4, 0.5) is 0 Å². The number of cyclic esters (lactones) is 1. The van der Waals surface area contributed by atoms with Gasteiger partial charge in [0.2, 0.25) is 0 Å². The molecule has 0 amide bonds. The molecule has 0 aliphatic carbocycles. The van der Waals surface area contributed by atoms with E-state index < -0.39 is 0 Å². The van der Waals surface area contributed by atoms with Gasteiger partial charge in [-0.3, -0.25) is 0 Å². The first-order valence-electron chi connectivity index (χ1n) is 3.99. The molecule has 0 N–H and O–H groups in total. The highest BCUT2D eigenvalue weighted by Gasteiger charge is 2.18. The third-order valence-electron chi connectivity index (χ3n) is 1.87. The predicted octanol–water partition coefficient (Wildman–Crippen LogP) is 1.90. The van der Waals surface area contributed by atoms with Crippen molar-refractivity contribution in [1.29, 1.82) is 0 Å². The summed E-state index contributed by atoms with van der Waals surface area (Å²) in [6, 6.07) is 0. The van der Waals surface area contributed by atoms with Crippen LogP contribution in [0.3, 0.4) is 0 Å². The molecular formula is C9H14O2. The van der Waals surface area contributed by atoms with Crippen LogP contribution in [0.15, 0.2) is 11.6 Å². The number of carbonyl (C=O) groups is 1. The Hall–Kier alpha value is -0.790. The van der Waals surface area contributed by atoms with Crippen LogP contribution in [0.25, 0.3) is 0 Å². The molecular weight excluding hydrogens is 140 g/mol. The summed E-state index contributed by atoms with van der Waals surface area (Å²) in [5.74, 6) is 0.290. The lowest BCUT2D eigenvalue weighted by Gasteiger charge is -2.10. The first kappa shape index (κ1) is 8.31. The molecule has 2 nitrogen and oxygen atoms in total. The van der Waals surface area contributed by atoms with Crippen LogP contribution in [0.2, 0.25) is 0 Å². The maximum Gasteiger partial charge on any atom is 0.333 e. The Kier molecular flexibility index (Phi) is 2.32. The molecule has 0 saturated heterocycles. The van der Waals surface area contributed by atoms with E-state index in [1.54, 1.807) is 6.92 Å². The Morgan fingerprint density at radius 1 is 1.55 bits per heavy atom. The Morgan fingerprint density at radius 3 is 2.82 bits per heavy atom. The van der Waals surface area contributed by atoms with Crippen LogP contribution in [0, 0.1) is 5.92 Å². The van der Waals surface area contributed by atoms with E-state index in [9.17, 15) is 4.79 Å². The summed E-state index contributed by atoms with van der Waals surface area (Å²) < 4.78 is 5.09. The average molecular weight is 154 g/mol. The Labute approximate surface area is 67.2 Å². The van der Waals surface area contributed by atoms with E-state index in [1.807, 2.05) is 13.0 Å². The number of rotatable bonds is 0. The van der Waals surface area contributed by atoms with Gasteiger partial charge in [-0.2, -0.15) is 0 Å². The van der Waals surface area contributed by atoms with Gasteiger partial charge in [0.15, 0.2) is 0 Å². The minimum absolute atomic E-state index is 0.0613. The van der Waals surface area contributed by atoms with Crippen molar-refractivity contribution in [3.05, 3.63) is 11.6 Å².